The van der Waals surface area contributed by atoms with Crippen molar-refractivity contribution in [2.75, 3.05) is 0 Å². The maximum Gasteiger partial charge on any atom is 0.0438 e. The molecule has 0 spiro atoms. The first-order chi connectivity index (χ1) is 10.9. The van der Waals surface area contributed by atoms with Gasteiger partial charge in [-0.25, -0.2) is 0 Å². The van der Waals surface area contributed by atoms with E-state index < -0.39 is 0 Å². The van der Waals surface area contributed by atoms with Crippen LogP contribution in [0.3, 0.4) is 0 Å². The van der Waals surface area contributed by atoms with Gasteiger partial charge in [-0.1, -0.05) is 12.8 Å². The first-order valence-corrected chi connectivity index (χ1v) is 8.82. The summed E-state index contributed by atoms with van der Waals surface area (Å²) in [6, 6.07) is 2.20. The molecule has 2 nitrogen and oxygen atoms in total. The molecule has 2 heteroatoms. The van der Waals surface area contributed by atoms with Crippen molar-refractivity contribution < 1.29 is 0 Å². The van der Waals surface area contributed by atoms with E-state index in [-0.39, 0.29) is 0 Å². The normalized spacial score (nSPS) is 18.0. The van der Waals surface area contributed by atoms with Crippen molar-refractivity contribution in [2.24, 2.45) is 0 Å². The van der Waals surface area contributed by atoms with Crippen molar-refractivity contribution in [3.63, 3.8) is 0 Å². The van der Waals surface area contributed by atoms with Gasteiger partial charge in [0.2, 0.25) is 0 Å². The van der Waals surface area contributed by atoms with Gasteiger partial charge in [0.25, 0.3) is 0 Å². The standard InChI is InChI=1S/C20H24N2/c1-2-4-6-20-19(5-3-1)18-10-9-16-13-21-12-11-15(16)7-8-17(18)14-22-20/h11-14H,1-10H2. The van der Waals surface area contributed by atoms with Gasteiger partial charge in [0.1, 0.15) is 0 Å². The molecule has 0 N–H and O–H groups in total. The molecule has 0 radical (unpaired) electrons. The highest BCUT2D eigenvalue weighted by Crippen LogP contribution is 2.28. The van der Waals surface area contributed by atoms with Crippen LogP contribution < -0.4 is 0 Å². The molecule has 114 valence electrons. The number of hydrogen-bond acceptors (Lipinski definition) is 2. The second-order valence-corrected chi connectivity index (χ2v) is 6.75. The zero-order chi connectivity index (χ0) is 14.8. The van der Waals surface area contributed by atoms with Gasteiger partial charge in [-0.2, -0.15) is 0 Å². The molecule has 0 aliphatic heterocycles. The molecule has 2 aliphatic carbocycles. The molecule has 0 fully saturated rings. The number of aryl methyl sites for hydroxylation is 4. The molecule has 0 saturated carbocycles. The van der Waals surface area contributed by atoms with Crippen molar-refractivity contribution >= 4 is 0 Å². The Morgan fingerprint density at radius 2 is 1.45 bits per heavy atom. The van der Waals surface area contributed by atoms with Gasteiger partial charge in [0, 0.05) is 24.3 Å². The molecule has 0 amide bonds. The van der Waals surface area contributed by atoms with Gasteiger partial charge in [0.15, 0.2) is 0 Å². The molecule has 2 aromatic heterocycles. The highest BCUT2D eigenvalue weighted by molar-refractivity contribution is 5.40. The Kier molecular flexibility index (Phi) is 3.92. The summed E-state index contributed by atoms with van der Waals surface area (Å²) >= 11 is 0. The van der Waals surface area contributed by atoms with E-state index in [0.29, 0.717) is 0 Å². The van der Waals surface area contributed by atoms with E-state index in [1.165, 1.54) is 67.3 Å². The summed E-state index contributed by atoms with van der Waals surface area (Å²) in [6.45, 7) is 0. The largest absolute Gasteiger partial charge is 0.264 e. The summed E-state index contributed by atoms with van der Waals surface area (Å²) in [5.41, 5.74) is 9.05. The highest BCUT2D eigenvalue weighted by Gasteiger charge is 2.18. The maximum absolute atomic E-state index is 4.85. The lowest BCUT2D eigenvalue weighted by Gasteiger charge is -2.22. The third-order valence-corrected chi connectivity index (χ3v) is 5.38. The Bertz CT molecular complexity index is 675. The molecular formula is C20H24N2. The van der Waals surface area contributed by atoms with Gasteiger partial charge in [-0.3, -0.25) is 9.97 Å². The lowest BCUT2D eigenvalue weighted by molar-refractivity contribution is 0.602. The average molecular weight is 292 g/mol. The van der Waals surface area contributed by atoms with Gasteiger partial charge in [-0.15, -0.1) is 0 Å². The Balaban J connectivity index is 1.71. The molecule has 0 aromatic carbocycles. The van der Waals surface area contributed by atoms with Gasteiger partial charge in [-0.05, 0) is 85.3 Å². The Morgan fingerprint density at radius 3 is 2.41 bits per heavy atom. The highest BCUT2D eigenvalue weighted by atomic mass is 14.7. The van der Waals surface area contributed by atoms with Crippen LogP contribution in [0.25, 0.3) is 0 Å². The molecule has 0 unspecified atom stereocenters. The van der Waals surface area contributed by atoms with Gasteiger partial charge < -0.3 is 0 Å². The van der Waals surface area contributed by atoms with Crippen molar-refractivity contribution in [2.45, 2.75) is 64.2 Å². The number of hydrogen-bond donors (Lipinski definition) is 0. The molecular weight excluding hydrogens is 268 g/mol. The Hall–Kier alpha value is -1.70. The smallest absolute Gasteiger partial charge is 0.0438 e. The van der Waals surface area contributed by atoms with E-state index in [1.54, 1.807) is 11.1 Å². The van der Waals surface area contributed by atoms with Crippen molar-refractivity contribution in [3.05, 3.63) is 58.2 Å². The zero-order valence-corrected chi connectivity index (χ0v) is 13.3. The molecule has 0 atom stereocenters. The minimum absolute atomic E-state index is 1.13. The van der Waals surface area contributed by atoms with Crippen LogP contribution in [0, 0.1) is 0 Å². The van der Waals surface area contributed by atoms with E-state index in [4.69, 9.17) is 4.98 Å². The molecule has 4 rings (SSSR count). The number of pyridine rings is 2. The SMILES string of the molecule is c1cc2c(cn1)CCc1c(cnc3c1CCCCCC3)CC2. The second-order valence-electron chi connectivity index (χ2n) is 6.75. The quantitative estimate of drug-likeness (QED) is 0.733. The molecule has 2 aromatic rings. The summed E-state index contributed by atoms with van der Waals surface area (Å²) in [5, 5.41) is 0. The van der Waals surface area contributed by atoms with Crippen LogP contribution in [0.1, 0.15) is 59.2 Å². The van der Waals surface area contributed by atoms with E-state index >= 15 is 0 Å². The third-order valence-electron chi connectivity index (χ3n) is 5.38. The topological polar surface area (TPSA) is 25.8 Å². The van der Waals surface area contributed by atoms with Crippen LogP contribution in [0.2, 0.25) is 0 Å². The molecule has 0 bridgehead atoms. The maximum atomic E-state index is 4.85. The Morgan fingerprint density at radius 1 is 0.636 bits per heavy atom. The summed E-state index contributed by atoms with van der Waals surface area (Å²) in [6.07, 6.45) is 18.6. The van der Waals surface area contributed by atoms with Crippen molar-refractivity contribution in [3.8, 4) is 0 Å². The first kappa shape index (κ1) is 13.9. The van der Waals surface area contributed by atoms with E-state index in [2.05, 4.69) is 23.4 Å². The molecule has 2 aliphatic rings. The molecule has 22 heavy (non-hydrogen) atoms. The third kappa shape index (κ3) is 2.67. The van der Waals surface area contributed by atoms with Gasteiger partial charge in [0.05, 0.1) is 0 Å². The van der Waals surface area contributed by atoms with E-state index in [9.17, 15) is 0 Å². The Labute approximate surface area is 133 Å². The summed E-state index contributed by atoms with van der Waals surface area (Å²) < 4.78 is 0. The molecule has 0 saturated heterocycles. The number of aromatic nitrogens is 2. The van der Waals surface area contributed by atoms with Crippen LogP contribution in [-0.4, -0.2) is 9.97 Å². The van der Waals surface area contributed by atoms with E-state index in [0.717, 1.165) is 19.3 Å². The fourth-order valence-electron chi connectivity index (χ4n) is 4.12. The average Bonchev–Trinajstić information content (AvgIpc) is 2.50. The zero-order valence-electron chi connectivity index (χ0n) is 13.3. The lowest BCUT2D eigenvalue weighted by atomic mass is 9.85. The monoisotopic (exact) mass is 292 g/mol. The first-order valence-electron chi connectivity index (χ1n) is 8.82. The number of fused-ring (bicyclic) bond motifs is 4. The van der Waals surface area contributed by atoms with Crippen LogP contribution >= 0.6 is 0 Å². The summed E-state index contributed by atoms with van der Waals surface area (Å²) in [7, 11) is 0. The fourth-order valence-corrected chi connectivity index (χ4v) is 4.12. The van der Waals surface area contributed by atoms with Crippen LogP contribution in [0.5, 0.6) is 0 Å². The van der Waals surface area contributed by atoms with Crippen molar-refractivity contribution in [1.29, 1.82) is 0 Å². The number of rotatable bonds is 0. The predicted octanol–water partition coefficient (Wildman–Crippen LogP) is 4.02. The van der Waals surface area contributed by atoms with Crippen molar-refractivity contribution in [1.82, 2.24) is 9.97 Å². The van der Waals surface area contributed by atoms with Crippen LogP contribution in [0.4, 0.5) is 0 Å². The molecule has 2 heterocycles. The van der Waals surface area contributed by atoms with Crippen LogP contribution in [-0.2, 0) is 38.5 Å². The van der Waals surface area contributed by atoms with Crippen LogP contribution in [0.15, 0.2) is 24.7 Å². The summed E-state index contributed by atoms with van der Waals surface area (Å²) in [5.74, 6) is 0. The van der Waals surface area contributed by atoms with Gasteiger partial charge >= 0.3 is 0 Å². The second kappa shape index (κ2) is 6.20. The lowest BCUT2D eigenvalue weighted by Crippen LogP contribution is -2.14. The minimum atomic E-state index is 1.13. The fraction of sp³-hybridized carbons (Fsp3) is 0.500. The predicted molar refractivity (Wildman–Crippen MR) is 89.2 cm³/mol. The minimum Gasteiger partial charge on any atom is -0.264 e. The number of nitrogens with zero attached hydrogens (tertiary/aromatic N) is 2. The summed E-state index contributed by atoms with van der Waals surface area (Å²) in [4.78, 5) is 9.18. The van der Waals surface area contributed by atoms with E-state index in [1.807, 2.05) is 6.20 Å².